The van der Waals surface area contributed by atoms with Crippen molar-refractivity contribution in [3.05, 3.63) is 68.5 Å². The van der Waals surface area contributed by atoms with Gasteiger partial charge in [0.05, 0.1) is 28.1 Å². The molecule has 2 aliphatic heterocycles. The van der Waals surface area contributed by atoms with Crippen LogP contribution in [0.25, 0.3) is 0 Å². The van der Waals surface area contributed by atoms with Crippen LogP contribution in [0.4, 0.5) is 0 Å². The molecule has 0 aliphatic carbocycles. The lowest BCUT2D eigenvalue weighted by atomic mass is 9.98. The number of fused-ring (bicyclic) bond motifs is 3. The fourth-order valence-electron chi connectivity index (χ4n) is 3.56. The minimum Gasteiger partial charge on any atom is -0.490 e. The molecular formula is C20H18N2O2S2. The predicted octanol–water partition coefficient (Wildman–Crippen LogP) is 5.45. The van der Waals surface area contributed by atoms with Crippen molar-refractivity contribution in [1.82, 2.24) is 5.01 Å². The molecule has 0 spiro atoms. The highest BCUT2D eigenvalue weighted by molar-refractivity contribution is 7.12. The van der Waals surface area contributed by atoms with Crippen molar-refractivity contribution in [2.24, 2.45) is 5.10 Å². The molecule has 132 valence electrons. The van der Waals surface area contributed by atoms with Crippen LogP contribution in [0.3, 0.4) is 0 Å². The molecule has 0 bridgehead atoms. The lowest BCUT2D eigenvalue weighted by Gasteiger charge is -2.38. The van der Waals surface area contributed by atoms with E-state index in [9.17, 15) is 0 Å². The first-order valence-electron chi connectivity index (χ1n) is 8.70. The minimum atomic E-state index is -0.216. The number of ether oxygens (including phenoxy) is 2. The summed E-state index contributed by atoms with van der Waals surface area (Å²) in [7, 11) is 0. The summed E-state index contributed by atoms with van der Waals surface area (Å²) in [6.07, 6.45) is 0.667. The number of nitrogens with zero attached hydrogens (tertiary/aromatic N) is 2. The lowest BCUT2D eigenvalue weighted by molar-refractivity contribution is -0.0188. The second-order valence-corrected chi connectivity index (χ2v) is 8.14. The maximum Gasteiger partial charge on any atom is 0.223 e. The molecule has 0 N–H and O–H groups in total. The summed E-state index contributed by atoms with van der Waals surface area (Å²) in [5, 5.41) is 11.3. The molecule has 26 heavy (non-hydrogen) atoms. The van der Waals surface area contributed by atoms with Gasteiger partial charge in [-0.05, 0) is 35.9 Å². The first kappa shape index (κ1) is 15.9. The molecule has 6 heteroatoms. The Labute approximate surface area is 160 Å². The van der Waals surface area contributed by atoms with Gasteiger partial charge in [-0.25, -0.2) is 5.01 Å². The summed E-state index contributed by atoms with van der Waals surface area (Å²) in [5.41, 5.74) is 2.28. The van der Waals surface area contributed by atoms with Crippen molar-refractivity contribution < 1.29 is 9.47 Å². The normalized spacial score (nSPS) is 21.0. The molecule has 1 aromatic carbocycles. The zero-order valence-corrected chi connectivity index (χ0v) is 15.9. The van der Waals surface area contributed by atoms with E-state index in [1.807, 2.05) is 19.1 Å². The zero-order chi connectivity index (χ0) is 17.5. The van der Waals surface area contributed by atoms with Crippen LogP contribution in [0.5, 0.6) is 11.5 Å². The molecular weight excluding hydrogens is 364 g/mol. The highest BCUT2D eigenvalue weighted by atomic mass is 32.1. The molecule has 0 amide bonds. The number of hydrogen-bond acceptors (Lipinski definition) is 6. The van der Waals surface area contributed by atoms with Gasteiger partial charge in [0.2, 0.25) is 6.23 Å². The summed E-state index contributed by atoms with van der Waals surface area (Å²) >= 11 is 3.43. The fraction of sp³-hybridized carbons (Fsp3) is 0.250. The van der Waals surface area contributed by atoms with Gasteiger partial charge in [0.15, 0.2) is 11.5 Å². The Morgan fingerprint density at radius 2 is 2.04 bits per heavy atom. The van der Waals surface area contributed by atoms with Gasteiger partial charge in [-0.2, -0.15) is 5.10 Å². The topological polar surface area (TPSA) is 34.1 Å². The van der Waals surface area contributed by atoms with Crippen LogP contribution < -0.4 is 9.47 Å². The molecule has 0 unspecified atom stereocenters. The molecule has 4 nitrogen and oxygen atoms in total. The Morgan fingerprint density at radius 1 is 1.15 bits per heavy atom. The number of benzene rings is 1. The van der Waals surface area contributed by atoms with Crippen molar-refractivity contribution in [2.75, 3.05) is 6.61 Å². The third kappa shape index (κ3) is 2.52. The number of rotatable bonds is 4. The van der Waals surface area contributed by atoms with E-state index in [-0.39, 0.29) is 12.3 Å². The van der Waals surface area contributed by atoms with Crippen LogP contribution in [0.1, 0.15) is 40.9 Å². The predicted molar refractivity (Wildman–Crippen MR) is 105 cm³/mol. The number of thiophene rings is 2. The Morgan fingerprint density at radius 3 is 2.81 bits per heavy atom. The van der Waals surface area contributed by atoms with Gasteiger partial charge in [0.1, 0.15) is 0 Å². The maximum absolute atomic E-state index is 6.45. The van der Waals surface area contributed by atoms with Crippen molar-refractivity contribution in [2.45, 2.75) is 25.6 Å². The largest absolute Gasteiger partial charge is 0.490 e. The van der Waals surface area contributed by atoms with Crippen LogP contribution in [0, 0.1) is 0 Å². The van der Waals surface area contributed by atoms with Crippen LogP contribution in [-0.2, 0) is 0 Å². The maximum atomic E-state index is 6.45. The average molecular weight is 383 g/mol. The van der Waals surface area contributed by atoms with Crippen molar-refractivity contribution in [1.29, 1.82) is 0 Å². The number of hydrazone groups is 1. The smallest absolute Gasteiger partial charge is 0.223 e. The van der Waals surface area contributed by atoms with E-state index in [2.05, 4.69) is 46.1 Å². The highest BCUT2D eigenvalue weighted by Crippen LogP contribution is 2.51. The summed E-state index contributed by atoms with van der Waals surface area (Å²) in [6, 6.07) is 14.7. The quantitative estimate of drug-likeness (QED) is 0.602. The standard InChI is InChI=1S/C20H18N2O2S2/c1-2-23-16-7-3-6-13-15-12-14(17-8-4-10-25-17)21-22(15)20(24-19(13)16)18-9-5-11-26-18/h3-11,15,20H,2,12H2,1H3/t15-,20+/m0/s1. The van der Waals surface area contributed by atoms with Gasteiger partial charge in [0.25, 0.3) is 0 Å². The van der Waals surface area contributed by atoms with E-state index < -0.39 is 0 Å². The second kappa shape index (κ2) is 6.45. The van der Waals surface area contributed by atoms with Gasteiger partial charge in [-0.15, -0.1) is 22.7 Å². The fourth-order valence-corrected chi connectivity index (χ4v) is 5.03. The Balaban J connectivity index is 1.61. The monoisotopic (exact) mass is 382 g/mol. The molecule has 4 heterocycles. The van der Waals surface area contributed by atoms with E-state index in [0.29, 0.717) is 6.61 Å². The van der Waals surface area contributed by atoms with Crippen LogP contribution in [-0.4, -0.2) is 17.3 Å². The molecule has 2 atom stereocenters. The molecule has 0 saturated carbocycles. The van der Waals surface area contributed by atoms with Gasteiger partial charge < -0.3 is 9.47 Å². The molecule has 2 aromatic heterocycles. The third-order valence-corrected chi connectivity index (χ3v) is 6.49. The van der Waals surface area contributed by atoms with Gasteiger partial charge in [-0.3, -0.25) is 0 Å². The zero-order valence-electron chi connectivity index (χ0n) is 14.3. The molecule has 2 aliphatic rings. The van der Waals surface area contributed by atoms with E-state index in [4.69, 9.17) is 14.6 Å². The Kier molecular flexibility index (Phi) is 3.94. The van der Waals surface area contributed by atoms with Crippen molar-refractivity contribution in [3.63, 3.8) is 0 Å². The SMILES string of the molecule is CCOc1cccc2c1O[C@H](c1cccs1)N1N=C(c3cccs3)C[C@@H]21. The number of hydrogen-bond donors (Lipinski definition) is 0. The lowest BCUT2D eigenvalue weighted by Crippen LogP contribution is -2.33. The Hall–Kier alpha value is -2.31. The molecule has 0 radical (unpaired) electrons. The molecule has 3 aromatic rings. The van der Waals surface area contributed by atoms with E-state index in [1.165, 1.54) is 4.88 Å². The Bertz CT molecular complexity index is 935. The van der Waals surface area contributed by atoms with Crippen molar-refractivity contribution >= 4 is 28.4 Å². The minimum absolute atomic E-state index is 0.170. The first-order chi connectivity index (χ1) is 12.8. The highest BCUT2D eigenvalue weighted by Gasteiger charge is 2.42. The average Bonchev–Trinajstić information content (AvgIpc) is 3.41. The van der Waals surface area contributed by atoms with Crippen molar-refractivity contribution in [3.8, 4) is 11.5 Å². The number of para-hydroxylation sites is 1. The van der Waals surface area contributed by atoms with Gasteiger partial charge in [0, 0.05) is 12.0 Å². The second-order valence-electron chi connectivity index (χ2n) is 6.22. The summed E-state index contributed by atoms with van der Waals surface area (Å²) in [5.74, 6) is 1.67. The third-order valence-electron chi connectivity index (χ3n) is 4.67. The van der Waals surface area contributed by atoms with E-state index in [1.54, 1.807) is 22.7 Å². The van der Waals surface area contributed by atoms with Crippen LogP contribution >= 0.6 is 22.7 Å². The van der Waals surface area contributed by atoms with E-state index in [0.717, 1.165) is 34.1 Å². The molecule has 0 fully saturated rings. The summed E-state index contributed by atoms with van der Waals surface area (Å²) < 4.78 is 12.3. The van der Waals surface area contributed by atoms with E-state index >= 15 is 0 Å². The van der Waals surface area contributed by atoms with Crippen LogP contribution in [0.15, 0.2) is 58.3 Å². The summed E-state index contributed by atoms with van der Waals surface area (Å²) in [6.45, 7) is 2.62. The van der Waals surface area contributed by atoms with Crippen LogP contribution in [0.2, 0.25) is 0 Å². The molecule has 0 saturated heterocycles. The first-order valence-corrected chi connectivity index (χ1v) is 10.5. The van der Waals surface area contributed by atoms with Gasteiger partial charge >= 0.3 is 0 Å². The van der Waals surface area contributed by atoms with Gasteiger partial charge in [-0.1, -0.05) is 24.3 Å². The molecule has 5 rings (SSSR count). The summed E-state index contributed by atoms with van der Waals surface area (Å²) in [4.78, 5) is 2.38.